The van der Waals surface area contributed by atoms with Gasteiger partial charge in [0.15, 0.2) is 5.82 Å². The number of rotatable bonds is 3. The zero-order chi connectivity index (χ0) is 10.6. The number of hydrogen-bond acceptors (Lipinski definition) is 4. The summed E-state index contributed by atoms with van der Waals surface area (Å²) in [6.45, 7) is 7.09. The van der Waals surface area contributed by atoms with Gasteiger partial charge in [0, 0.05) is 18.7 Å². The van der Waals surface area contributed by atoms with E-state index in [-0.39, 0.29) is 0 Å². The van der Waals surface area contributed by atoms with Gasteiger partial charge in [-0.15, -0.1) is 5.10 Å². The van der Waals surface area contributed by atoms with Crippen LogP contribution in [0.5, 0.6) is 0 Å². The van der Waals surface area contributed by atoms with Crippen LogP contribution in [0.3, 0.4) is 0 Å². The summed E-state index contributed by atoms with van der Waals surface area (Å²) in [6.07, 6.45) is 1.47. The molecule has 1 aromatic heterocycles. The molecule has 0 spiro atoms. The van der Waals surface area contributed by atoms with Crippen molar-refractivity contribution in [1.82, 2.24) is 10.2 Å². The topological polar surface area (TPSA) is 52.8 Å². The molecule has 14 heavy (non-hydrogen) atoms. The second kappa shape index (κ2) is 4.56. The van der Waals surface area contributed by atoms with E-state index in [2.05, 4.69) is 41.9 Å². The van der Waals surface area contributed by atoms with Gasteiger partial charge >= 0.3 is 0 Å². The van der Waals surface area contributed by atoms with Crippen LogP contribution in [0.2, 0.25) is 0 Å². The van der Waals surface area contributed by atoms with Gasteiger partial charge < -0.3 is 4.90 Å². The lowest BCUT2D eigenvalue weighted by molar-refractivity contribution is 0.686. The molecule has 0 amide bonds. The molecule has 0 atom stereocenters. The molecule has 4 heteroatoms. The van der Waals surface area contributed by atoms with Crippen LogP contribution < -0.4 is 4.90 Å². The third-order valence-electron chi connectivity index (χ3n) is 2.03. The lowest BCUT2D eigenvalue weighted by Gasteiger charge is -2.25. The van der Waals surface area contributed by atoms with Crippen LogP contribution in [0, 0.1) is 11.3 Å². The van der Waals surface area contributed by atoms with E-state index >= 15 is 0 Å². The highest BCUT2D eigenvalue weighted by atomic mass is 15.3. The fourth-order valence-corrected chi connectivity index (χ4v) is 1.35. The third-order valence-corrected chi connectivity index (χ3v) is 2.03. The summed E-state index contributed by atoms with van der Waals surface area (Å²) < 4.78 is 0. The van der Waals surface area contributed by atoms with Gasteiger partial charge in [0.25, 0.3) is 0 Å². The van der Waals surface area contributed by atoms with E-state index in [4.69, 9.17) is 5.26 Å². The first-order chi connectivity index (χ1) is 6.69. The van der Waals surface area contributed by atoms with Crippen molar-refractivity contribution in [3.63, 3.8) is 0 Å². The van der Waals surface area contributed by atoms with Crippen molar-refractivity contribution in [2.45, 2.75) is 26.8 Å². The Morgan fingerprint density at radius 3 is 2.79 bits per heavy atom. The third kappa shape index (κ3) is 2.19. The molecule has 0 saturated heterocycles. The molecule has 0 aliphatic carbocycles. The molecule has 0 N–H and O–H groups in total. The largest absolute Gasteiger partial charge is 0.353 e. The normalized spacial score (nSPS) is 9.93. The molecule has 74 valence electrons. The van der Waals surface area contributed by atoms with Crippen molar-refractivity contribution in [2.75, 3.05) is 11.4 Å². The van der Waals surface area contributed by atoms with Crippen molar-refractivity contribution in [2.24, 2.45) is 0 Å². The molecule has 0 aromatic carbocycles. The van der Waals surface area contributed by atoms with Crippen molar-refractivity contribution >= 4 is 5.82 Å². The number of nitrogens with zero attached hydrogens (tertiary/aromatic N) is 4. The average molecular weight is 190 g/mol. The van der Waals surface area contributed by atoms with Crippen molar-refractivity contribution in [3.8, 4) is 6.07 Å². The SMILES string of the molecule is CCN(c1cc(C#N)cnn1)C(C)C. The summed E-state index contributed by atoms with van der Waals surface area (Å²) in [5, 5.41) is 16.5. The van der Waals surface area contributed by atoms with Crippen LogP contribution in [0.4, 0.5) is 5.82 Å². The average Bonchev–Trinajstić information content (AvgIpc) is 2.19. The van der Waals surface area contributed by atoms with E-state index in [9.17, 15) is 0 Å². The minimum absolute atomic E-state index is 0.364. The maximum Gasteiger partial charge on any atom is 0.152 e. The number of anilines is 1. The molecule has 1 aromatic rings. The van der Waals surface area contributed by atoms with Crippen molar-refractivity contribution in [1.29, 1.82) is 5.26 Å². The van der Waals surface area contributed by atoms with Crippen LogP contribution in [-0.4, -0.2) is 22.8 Å². The Morgan fingerprint density at radius 1 is 1.57 bits per heavy atom. The molecule has 4 nitrogen and oxygen atoms in total. The summed E-state index contributed by atoms with van der Waals surface area (Å²) in [4.78, 5) is 2.09. The summed E-state index contributed by atoms with van der Waals surface area (Å²) >= 11 is 0. The summed E-state index contributed by atoms with van der Waals surface area (Å²) in [5.41, 5.74) is 0.550. The molecule has 0 unspecified atom stereocenters. The van der Waals surface area contributed by atoms with E-state index in [0.717, 1.165) is 12.4 Å². The van der Waals surface area contributed by atoms with E-state index in [0.29, 0.717) is 11.6 Å². The molecule has 0 aliphatic heterocycles. The van der Waals surface area contributed by atoms with Crippen LogP contribution in [0.1, 0.15) is 26.3 Å². The molecular formula is C10H14N4. The first-order valence-corrected chi connectivity index (χ1v) is 4.68. The maximum absolute atomic E-state index is 8.72. The van der Waals surface area contributed by atoms with E-state index < -0.39 is 0 Å². The molecule has 1 rings (SSSR count). The van der Waals surface area contributed by atoms with Gasteiger partial charge in [-0.05, 0) is 20.8 Å². The molecule has 0 radical (unpaired) electrons. The Balaban J connectivity index is 2.99. The Morgan fingerprint density at radius 2 is 2.29 bits per heavy atom. The number of aromatic nitrogens is 2. The van der Waals surface area contributed by atoms with Gasteiger partial charge in [0.05, 0.1) is 11.8 Å². The fourth-order valence-electron chi connectivity index (χ4n) is 1.35. The fraction of sp³-hybridized carbons (Fsp3) is 0.500. The second-order valence-corrected chi connectivity index (χ2v) is 3.29. The van der Waals surface area contributed by atoms with Crippen LogP contribution in [0.15, 0.2) is 12.3 Å². The lowest BCUT2D eigenvalue weighted by Crippen LogP contribution is -2.31. The standard InChI is InChI=1S/C10H14N4/c1-4-14(8(2)3)10-5-9(6-11)7-12-13-10/h5,7-8H,4H2,1-3H3. The van der Waals surface area contributed by atoms with Gasteiger partial charge in [0.2, 0.25) is 0 Å². The molecular weight excluding hydrogens is 176 g/mol. The highest BCUT2D eigenvalue weighted by Gasteiger charge is 2.10. The minimum Gasteiger partial charge on any atom is -0.353 e. The molecule has 0 bridgehead atoms. The summed E-state index contributed by atoms with van der Waals surface area (Å²) in [6, 6.07) is 4.18. The molecule has 0 fully saturated rings. The molecule has 0 aliphatic rings. The van der Waals surface area contributed by atoms with Gasteiger partial charge in [0.1, 0.15) is 6.07 Å². The number of hydrogen-bond donors (Lipinski definition) is 0. The van der Waals surface area contributed by atoms with Crippen LogP contribution in [-0.2, 0) is 0 Å². The lowest BCUT2D eigenvalue weighted by atomic mass is 10.3. The highest BCUT2D eigenvalue weighted by Crippen LogP contribution is 2.13. The van der Waals surface area contributed by atoms with E-state index in [1.165, 1.54) is 6.20 Å². The van der Waals surface area contributed by atoms with Crippen LogP contribution >= 0.6 is 0 Å². The predicted octanol–water partition coefficient (Wildman–Crippen LogP) is 1.58. The van der Waals surface area contributed by atoms with Gasteiger partial charge in [-0.1, -0.05) is 0 Å². The first kappa shape index (κ1) is 10.5. The summed E-state index contributed by atoms with van der Waals surface area (Å²) in [5.74, 6) is 0.765. The highest BCUT2D eigenvalue weighted by molar-refractivity contribution is 5.43. The molecule has 1 heterocycles. The van der Waals surface area contributed by atoms with Crippen molar-refractivity contribution in [3.05, 3.63) is 17.8 Å². The Kier molecular flexibility index (Phi) is 3.41. The smallest absolute Gasteiger partial charge is 0.152 e. The van der Waals surface area contributed by atoms with Gasteiger partial charge in [-0.2, -0.15) is 10.4 Å². The summed E-state index contributed by atoms with van der Waals surface area (Å²) in [7, 11) is 0. The minimum atomic E-state index is 0.364. The van der Waals surface area contributed by atoms with E-state index in [1.54, 1.807) is 6.07 Å². The predicted molar refractivity (Wildman–Crippen MR) is 54.9 cm³/mol. The zero-order valence-corrected chi connectivity index (χ0v) is 8.73. The van der Waals surface area contributed by atoms with Gasteiger partial charge in [-0.25, -0.2) is 0 Å². The Hall–Kier alpha value is -1.63. The first-order valence-electron chi connectivity index (χ1n) is 4.68. The number of nitriles is 1. The Labute approximate surface area is 84.2 Å². The Bertz CT molecular complexity index is 340. The van der Waals surface area contributed by atoms with Crippen molar-refractivity contribution < 1.29 is 0 Å². The van der Waals surface area contributed by atoms with Gasteiger partial charge in [-0.3, -0.25) is 0 Å². The maximum atomic E-state index is 8.72. The zero-order valence-electron chi connectivity index (χ0n) is 8.73. The van der Waals surface area contributed by atoms with E-state index in [1.807, 2.05) is 0 Å². The quantitative estimate of drug-likeness (QED) is 0.726. The monoisotopic (exact) mass is 190 g/mol. The second-order valence-electron chi connectivity index (χ2n) is 3.29. The van der Waals surface area contributed by atoms with Crippen LogP contribution in [0.25, 0.3) is 0 Å². The molecule has 0 saturated carbocycles.